The molecule has 1 heterocycles. The molecule has 0 aliphatic carbocycles. The normalized spacial score (nSPS) is 12.0. The summed E-state index contributed by atoms with van der Waals surface area (Å²) in [4.78, 5) is 4.63. The van der Waals surface area contributed by atoms with Crippen LogP contribution in [0, 0.1) is 0 Å². The molecule has 0 bridgehead atoms. The van der Waals surface area contributed by atoms with Crippen molar-refractivity contribution in [3.05, 3.63) is 16.1 Å². The van der Waals surface area contributed by atoms with Gasteiger partial charge in [0.1, 0.15) is 5.01 Å². The average Bonchev–Trinajstić information content (AvgIpc) is 2.60. The highest BCUT2D eigenvalue weighted by molar-refractivity contribution is 7.98. The number of rotatable bonds is 5. The van der Waals surface area contributed by atoms with Gasteiger partial charge < -0.3 is 5.32 Å². The number of thioether (sulfide) groups is 1. The van der Waals surface area contributed by atoms with Crippen molar-refractivity contribution in [2.75, 3.05) is 18.6 Å². The lowest BCUT2D eigenvalue weighted by atomic mass is 9.93. The van der Waals surface area contributed by atoms with Crippen molar-refractivity contribution in [3.63, 3.8) is 0 Å². The molecule has 1 rings (SSSR count). The summed E-state index contributed by atoms with van der Waals surface area (Å²) in [6, 6.07) is 0. The van der Waals surface area contributed by atoms with Crippen LogP contribution in [-0.4, -0.2) is 23.5 Å². The second-order valence-electron chi connectivity index (χ2n) is 4.55. The van der Waals surface area contributed by atoms with E-state index in [9.17, 15) is 0 Å². The van der Waals surface area contributed by atoms with Crippen LogP contribution >= 0.6 is 23.1 Å². The predicted octanol–water partition coefficient (Wildman–Crippen LogP) is 2.89. The average molecular weight is 244 g/mol. The Morgan fingerprint density at radius 2 is 2.20 bits per heavy atom. The molecule has 15 heavy (non-hydrogen) atoms. The van der Waals surface area contributed by atoms with Gasteiger partial charge in [-0.3, -0.25) is 0 Å². The Morgan fingerprint density at radius 3 is 2.73 bits per heavy atom. The Hall–Kier alpha value is -0.0600. The molecule has 0 spiro atoms. The third kappa shape index (κ3) is 4.53. The Morgan fingerprint density at radius 1 is 1.47 bits per heavy atom. The third-order valence-electron chi connectivity index (χ3n) is 2.08. The van der Waals surface area contributed by atoms with Crippen molar-refractivity contribution in [2.45, 2.75) is 32.7 Å². The number of thiazole rings is 1. The first-order valence-electron chi connectivity index (χ1n) is 5.18. The Kier molecular flexibility index (Phi) is 5.09. The fraction of sp³-hybridized carbons (Fsp3) is 0.727. The largest absolute Gasteiger partial charge is 0.310 e. The third-order valence-corrected chi connectivity index (χ3v) is 3.54. The van der Waals surface area contributed by atoms with Crippen molar-refractivity contribution < 1.29 is 0 Å². The van der Waals surface area contributed by atoms with E-state index in [4.69, 9.17) is 0 Å². The van der Waals surface area contributed by atoms with Crippen molar-refractivity contribution >= 4 is 23.1 Å². The van der Waals surface area contributed by atoms with Gasteiger partial charge in [-0.2, -0.15) is 11.8 Å². The summed E-state index contributed by atoms with van der Waals surface area (Å²) in [6.07, 6.45) is 2.13. The monoisotopic (exact) mass is 244 g/mol. The summed E-state index contributed by atoms with van der Waals surface area (Å²) in [5.41, 5.74) is 1.38. The van der Waals surface area contributed by atoms with E-state index in [0.29, 0.717) is 0 Å². The van der Waals surface area contributed by atoms with E-state index in [1.54, 1.807) is 11.3 Å². The number of nitrogens with one attached hydrogen (secondary N) is 1. The maximum Gasteiger partial charge on any atom is 0.107 e. The van der Waals surface area contributed by atoms with Crippen LogP contribution < -0.4 is 5.32 Å². The SMILES string of the molecule is CSCCNCc1nc(C(C)(C)C)cs1. The zero-order valence-electron chi connectivity index (χ0n) is 9.96. The van der Waals surface area contributed by atoms with E-state index in [0.717, 1.165) is 18.8 Å². The molecular weight excluding hydrogens is 224 g/mol. The molecule has 2 nitrogen and oxygen atoms in total. The van der Waals surface area contributed by atoms with Gasteiger partial charge in [0.15, 0.2) is 0 Å². The molecule has 1 aromatic rings. The van der Waals surface area contributed by atoms with E-state index in [1.165, 1.54) is 10.7 Å². The van der Waals surface area contributed by atoms with E-state index in [2.05, 4.69) is 42.7 Å². The van der Waals surface area contributed by atoms with E-state index < -0.39 is 0 Å². The molecule has 0 atom stereocenters. The standard InChI is InChI=1S/C11H20N2S2/c1-11(2,3)9-8-15-10(13-9)7-12-5-6-14-4/h8,12H,5-7H2,1-4H3. The Balaban J connectivity index is 2.40. The quantitative estimate of drug-likeness (QED) is 0.806. The molecule has 1 aromatic heterocycles. The van der Waals surface area contributed by atoms with Gasteiger partial charge in [-0.15, -0.1) is 11.3 Å². The molecule has 0 saturated heterocycles. The number of nitrogens with zero attached hydrogens (tertiary/aromatic N) is 1. The van der Waals surface area contributed by atoms with Gasteiger partial charge in [-0.25, -0.2) is 4.98 Å². The van der Waals surface area contributed by atoms with Gasteiger partial charge in [0, 0.05) is 29.6 Å². The van der Waals surface area contributed by atoms with Gasteiger partial charge in [-0.05, 0) is 6.26 Å². The zero-order valence-corrected chi connectivity index (χ0v) is 11.6. The van der Waals surface area contributed by atoms with Crippen molar-refractivity contribution in [1.29, 1.82) is 0 Å². The van der Waals surface area contributed by atoms with Crippen LogP contribution in [0.15, 0.2) is 5.38 Å². The molecule has 1 N–H and O–H groups in total. The van der Waals surface area contributed by atoms with Crippen LogP contribution in [0.4, 0.5) is 0 Å². The molecule has 0 unspecified atom stereocenters. The first kappa shape index (κ1) is 13.0. The summed E-state index contributed by atoms with van der Waals surface area (Å²) in [7, 11) is 0. The Bertz CT molecular complexity index is 289. The lowest BCUT2D eigenvalue weighted by Crippen LogP contribution is -2.17. The van der Waals surface area contributed by atoms with Crippen LogP contribution in [0.3, 0.4) is 0 Å². The van der Waals surface area contributed by atoms with Gasteiger partial charge >= 0.3 is 0 Å². The van der Waals surface area contributed by atoms with Crippen molar-refractivity contribution in [3.8, 4) is 0 Å². The second kappa shape index (κ2) is 5.87. The highest BCUT2D eigenvalue weighted by Crippen LogP contribution is 2.23. The maximum absolute atomic E-state index is 4.63. The number of hydrogen-bond donors (Lipinski definition) is 1. The summed E-state index contributed by atoms with van der Waals surface area (Å²) >= 11 is 3.62. The van der Waals surface area contributed by atoms with Gasteiger partial charge in [0.25, 0.3) is 0 Å². The highest BCUT2D eigenvalue weighted by Gasteiger charge is 2.16. The van der Waals surface area contributed by atoms with Gasteiger partial charge in [0.2, 0.25) is 0 Å². The van der Waals surface area contributed by atoms with Crippen molar-refractivity contribution in [2.24, 2.45) is 0 Å². The van der Waals surface area contributed by atoms with Crippen LogP contribution in [0.1, 0.15) is 31.5 Å². The van der Waals surface area contributed by atoms with E-state index in [-0.39, 0.29) is 5.41 Å². The molecular formula is C11H20N2S2. The summed E-state index contributed by atoms with van der Waals surface area (Å²) in [6.45, 7) is 8.57. The summed E-state index contributed by atoms with van der Waals surface area (Å²) in [5.74, 6) is 1.16. The van der Waals surface area contributed by atoms with Gasteiger partial charge in [0.05, 0.1) is 5.69 Å². The first-order chi connectivity index (χ1) is 7.04. The molecule has 0 aliphatic rings. The van der Waals surface area contributed by atoms with Crippen LogP contribution in [-0.2, 0) is 12.0 Å². The number of aromatic nitrogens is 1. The minimum atomic E-state index is 0.175. The molecule has 0 aliphatic heterocycles. The van der Waals surface area contributed by atoms with E-state index >= 15 is 0 Å². The molecule has 86 valence electrons. The lowest BCUT2D eigenvalue weighted by molar-refractivity contribution is 0.569. The smallest absolute Gasteiger partial charge is 0.107 e. The predicted molar refractivity (Wildman–Crippen MR) is 70.9 cm³/mol. The molecule has 0 amide bonds. The fourth-order valence-electron chi connectivity index (χ4n) is 1.11. The van der Waals surface area contributed by atoms with Crippen LogP contribution in [0.2, 0.25) is 0 Å². The van der Waals surface area contributed by atoms with Gasteiger partial charge in [-0.1, -0.05) is 20.8 Å². The fourth-order valence-corrected chi connectivity index (χ4v) is 2.44. The maximum atomic E-state index is 4.63. The molecule has 0 radical (unpaired) electrons. The minimum absolute atomic E-state index is 0.175. The minimum Gasteiger partial charge on any atom is -0.310 e. The second-order valence-corrected chi connectivity index (χ2v) is 6.47. The van der Waals surface area contributed by atoms with Crippen LogP contribution in [0.5, 0.6) is 0 Å². The summed E-state index contributed by atoms with van der Waals surface area (Å²) < 4.78 is 0. The molecule has 4 heteroatoms. The van der Waals surface area contributed by atoms with E-state index in [1.807, 2.05) is 11.8 Å². The molecule has 0 fully saturated rings. The lowest BCUT2D eigenvalue weighted by Gasteiger charge is -2.14. The Labute approximate surface area is 101 Å². The zero-order chi connectivity index (χ0) is 11.3. The van der Waals surface area contributed by atoms with Crippen molar-refractivity contribution in [1.82, 2.24) is 10.3 Å². The summed E-state index contributed by atoms with van der Waals surface area (Å²) in [5, 5.41) is 6.76. The molecule has 0 aromatic carbocycles. The highest BCUT2D eigenvalue weighted by atomic mass is 32.2. The topological polar surface area (TPSA) is 24.9 Å². The number of hydrogen-bond acceptors (Lipinski definition) is 4. The van der Waals surface area contributed by atoms with Crippen LogP contribution in [0.25, 0.3) is 0 Å². The molecule has 0 saturated carbocycles. The first-order valence-corrected chi connectivity index (χ1v) is 7.46.